The van der Waals surface area contributed by atoms with Crippen molar-refractivity contribution in [3.63, 3.8) is 0 Å². The third kappa shape index (κ3) is 1.17. The number of nitrogens with one attached hydrogen (secondary N) is 2. The van der Waals surface area contributed by atoms with E-state index in [1.54, 1.807) is 6.33 Å². The number of imidazole rings is 1. The number of nitrogen functional groups attached to an aromatic ring is 1. The summed E-state index contributed by atoms with van der Waals surface area (Å²) >= 11 is 0. The van der Waals surface area contributed by atoms with Gasteiger partial charge in [-0.2, -0.15) is 5.10 Å². The first-order valence-electron chi connectivity index (χ1n) is 4.57. The minimum atomic E-state index is 0.516. The number of hydrogen-bond acceptors (Lipinski definition) is 3. The van der Waals surface area contributed by atoms with Crippen LogP contribution in [-0.4, -0.2) is 20.2 Å². The van der Waals surface area contributed by atoms with Crippen LogP contribution in [0.3, 0.4) is 0 Å². The molecule has 0 aliphatic rings. The monoisotopic (exact) mass is 199 g/mol. The van der Waals surface area contributed by atoms with Crippen molar-refractivity contribution in [2.24, 2.45) is 0 Å². The third-order valence-electron chi connectivity index (χ3n) is 2.39. The van der Waals surface area contributed by atoms with Gasteiger partial charge in [-0.1, -0.05) is 6.07 Å². The Morgan fingerprint density at radius 1 is 1.27 bits per heavy atom. The number of benzene rings is 1. The fourth-order valence-electron chi connectivity index (χ4n) is 1.61. The van der Waals surface area contributed by atoms with Gasteiger partial charge >= 0.3 is 0 Å². The van der Waals surface area contributed by atoms with Crippen LogP contribution in [0.1, 0.15) is 0 Å². The normalized spacial score (nSPS) is 10.9. The summed E-state index contributed by atoms with van der Waals surface area (Å²) in [5, 5.41) is 7.73. The Morgan fingerprint density at radius 3 is 3.00 bits per heavy atom. The highest BCUT2D eigenvalue weighted by Gasteiger charge is 2.05. The molecule has 0 spiro atoms. The molecule has 0 saturated carbocycles. The second-order valence-corrected chi connectivity index (χ2v) is 3.32. The lowest BCUT2D eigenvalue weighted by Gasteiger charge is -1.96. The molecule has 0 saturated heterocycles. The fraction of sp³-hybridized carbons (Fsp3) is 0. The van der Waals surface area contributed by atoms with Crippen LogP contribution in [0.15, 0.2) is 30.7 Å². The van der Waals surface area contributed by atoms with E-state index in [0.717, 1.165) is 22.2 Å². The van der Waals surface area contributed by atoms with Gasteiger partial charge in [-0.3, -0.25) is 5.10 Å². The minimum Gasteiger partial charge on any atom is -0.382 e. The van der Waals surface area contributed by atoms with E-state index < -0.39 is 0 Å². The molecule has 0 aliphatic heterocycles. The molecule has 0 radical (unpaired) electrons. The zero-order chi connectivity index (χ0) is 10.3. The van der Waals surface area contributed by atoms with Gasteiger partial charge in [0.15, 0.2) is 5.82 Å². The summed E-state index contributed by atoms with van der Waals surface area (Å²) in [6, 6.07) is 5.91. The van der Waals surface area contributed by atoms with Crippen LogP contribution in [0.25, 0.3) is 22.2 Å². The maximum atomic E-state index is 5.73. The number of rotatable bonds is 1. The highest BCUT2D eigenvalue weighted by atomic mass is 15.1. The average Bonchev–Trinajstić information content (AvgIpc) is 2.88. The van der Waals surface area contributed by atoms with Gasteiger partial charge in [0.2, 0.25) is 0 Å². The first-order valence-corrected chi connectivity index (χ1v) is 4.57. The number of fused-ring (bicyclic) bond motifs is 1. The molecule has 3 rings (SSSR count). The van der Waals surface area contributed by atoms with E-state index in [1.807, 2.05) is 24.4 Å². The predicted molar refractivity (Wildman–Crippen MR) is 58.1 cm³/mol. The smallest absolute Gasteiger partial charge is 0.153 e. The topological polar surface area (TPSA) is 83.4 Å². The lowest BCUT2D eigenvalue weighted by Crippen LogP contribution is -1.84. The van der Waals surface area contributed by atoms with E-state index in [4.69, 9.17) is 5.73 Å². The van der Waals surface area contributed by atoms with E-state index in [9.17, 15) is 0 Å². The molecule has 74 valence electrons. The second-order valence-electron chi connectivity index (χ2n) is 3.32. The fourth-order valence-corrected chi connectivity index (χ4v) is 1.61. The Labute approximate surface area is 85.3 Å². The predicted octanol–water partition coefficient (Wildman–Crippen LogP) is 1.54. The number of aromatic nitrogens is 4. The second kappa shape index (κ2) is 2.84. The van der Waals surface area contributed by atoms with Crippen molar-refractivity contribution in [3.8, 4) is 11.3 Å². The largest absolute Gasteiger partial charge is 0.382 e. The molecule has 0 bridgehead atoms. The van der Waals surface area contributed by atoms with E-state index in [-0.39, 0.29) is 0 Å². The summed E-state index contributed by atoms with van der Waals surface area (Å²) < 4.78 is 0. The quantitative estimate of drug-likeness (QED) is 0.555. The minimum absolute atomic E-state index is 0.516. The van der Waals surface area contributed by atoms with Crippen LogP contribution >= 0.6 is 0 Å². The number of nitrogens with two attached hydrogens (primary N) is 1. The molecule has 0 unspecified atom stereocenters. The maximum Gasteiger partial charge on any atom is 0.153 e. The molecule has 2 heterocycles. The standard InChI is InChI=1S/C10H9N5/c11-10-7-3-6(9-4-12-5-13-9)1-2-8(7)14-15-10/h1-5H,(H,12,13)(H3,11,14,15). The first kappa shape index (κ1) is 8.05. The van der Waals surface area contributed by atoms with E-state index in [1.165, 1.54) is 0 Å². The molecule has 3 aromatic rings. The van der Waals surface area contributed by atoms with Gasteiger partial charge in [0.05, 0.1) is 17.5 Å². The number of aromatic amines is 2. The van der Waals surface area contributed by atoms with Gasteiger partial charge in [-0.15, -0.1) is 0 Å². The summed E-state index contributed by atoms with van der Waals surface area (Å²) in [5.41, 5.74) is 8.59. The molecule has 0 aliphatic carbocycles. The van der Waals surface area contributed by atoms with Crippen molar-refractivity contribution in [2.45, 2.75) is 0 Å². The summed E-state index contributed by atoms with van der Waals surface area (Å²) in [4.78, 5) is 7.10. The SMILES string of the molecule is Nc1n[nH]c2ccc(-c3c[nH]cn3)cc12. The van der Waals surface area contributed by atoms with Gasteiger partial charge < -0.3 is 10.7 Å². The zero-order valence-electron chi connectivity index (χ0n) is 7.86. The van der Waals surface area contributed by atoms with Crippen molar-refractivity contribution in [1.82, 2.24) is 20.2 Å². The highest BCUT2D eigenvalue weighted by molar-refractivity contribution is 5.91. The molecule has 5 nitrogen and oxygen atoms in total. The van der Waals surface area contributed by atoms with Crippen LogP contribution in [0.5, 0.6) is 0 Å². The van der Waals surface area contributed by atoms with Gasteiger partial charge in [0, 0.05) is 17.1 Å². The summed E-state index contributed by atoms with van der Waals surface area (Å²) in [6.07, 6.45) is 3.50. The van der Waals surface area contributed by atoms with Crippen LogP contribution in [0.4, 0.5) is 5.82 Å². The molecule has 2 aromatic heterocycles. The summed E-state index contributed by atoms with van der Waals surface area (Å²) in [7, 11) is 0. The third-order valence-corrected chi connectivity index (χ3v) is 2.39. The summed E-state index contributed by atoms with van der Waals surface area (Å²) in [6.45, 7) is 0. The van der Waals surface area contributed by atoms with E-state index in [0.29, 0.717) is 5.82 Å². The Hall–Kier alpha value is -2.30. The van der Waals surface area contributed by atoms with E-state index >= 15 is 0 Å². The molecule has 1 aromatic carbocycles. The van der Waals surface area contributed by atoms with Crippen molar-refractivity contribution in [3.05, 3.63) is 30.7 Å². The highest BCUT2D eigenvalue weighted by Crippen LogP contribution is 2.24. The van der Waals surface area contributed by atoms with Crippen molar-refractivity contribution in [2.75, 3.05) is 5.73 Å². The van der Waals surface area contributed by atoms with Crippen LogP contribution < -0.4 is 5.73 Å². The Balaban J connectivity index is 2.25. The number of H-pyrrole nitrogens is 2. The van der Waals surface area contributed by atoms with Gasteiger partial charge in [0.25, 0.3) is 0 Å². The van der Waals surface area contributed by atoms with Gasteiger partial charge in [-0.25, -0.2) is 4.98 Å². The molecular formula is C10H9N5. The molecular weight excluding hydrogens is 190 g/mol. The molecule has 0 atom stereocenters. The van der Waals surface area contributed by atoms with Gasteiger partial charge in [-0.05, 0) is 12.1 Å². The lowest BCUT2D eigenvalue weighted by atomic mass is 10.1. The number of hydrogen-bond donors (Lipinski definition) is 3. The molecule has 15 heavy (non-hydrogen) atoms. The average molecular weight is 199 g/mol. The van der Waals surface area contributed by atoms with Crippen molar-refractivity contribution >= 4 is 16.7 Å². The Kier molecular flexibility index (Phi) is 1.53. The van der Waals surface area contributed by atoms with E-state index in [2.05, 4.69) is 20.2 Å². The first-order chi connectivity index (χ1) is 7.34. The molecule has 0 amide bonds. The number of anilines is 1. The number of nitrogens with zero attached hydrogens (tertiary/aromatic N) is 2. The summed E-state index contributed by atoms with van der Waals surface area (Å²) in [5.74, 6) is 0.516. The molecule has 4 N–H and O–H groups in total. The molecule has 5 heteroatoms. The maximum absolute atomic E-state index is 5.73. The van der Waals surface area contributed by atoms with Crippen LogP contribution in [-0.2, 0) is 0 Å². The zero-order valence-corrected chi connectivity index (χ0v) is 7.86. The Morgan fingerprint density at radius 2 is 2.20 bits per heavy atom. The molecule has 0 fully saturated rings. The van der Waals surface area contributed by atoms with Crippen LogP contribution in [0, 0.1) is 0 Å². The van der Waals surface area contributed by atoms with Crippen molar-refractivity contribution in [1.29, 1.82) is 0 Å². The lowest BCUT2D eigenvalue weighted by molar-refractivity contribution is 1.13. The van der Waals surface area contributed by atoms with Gasteiger partial charge in [0.1, 0.15) is 0 Å². The van der Waals surface area contributed by atoms with Crippen LogP contribution in [0.2, 0.25) is 0 Å². The Bertz CT molecular complexity index is 593. The van der Waals surface area contributed by atoms with Crippen molar-refractivity contribution < 1.29 is 0 Å².